The first-order valence-corrected chi connectivity index (χ1v) is 7.17. The fourth-order valence-corrected chi connectivity index (χ4v) is 1.31. The third kappa shape index (κ3) is 13.3. The van der Waals surface area contributed by atoms with E-state index in [4.69, 9.17) is 4.74 Å². The number of hydrogen-bond acceptors (Lipinski definition) is 3. The van der Waals surface area contributed by atoms with Gasteiger partial charge in [-0.3, -0.25) is 9.59 Å². The molecule has 0 aliphatic rings. The predicted octanol–water partition coefficient (Wildman–Crippen LogP) is 1.86. The van der Waals surface area contributed by atoms with E-state index in [0.29, 0.717) is 19.5 Å². The van der Waals surface area contributed by atoms with Gasteiger partial charge in [0.15, 0.2) is 0 Å². The lowest BCUT2D eigenvalue weighted by molar-refractivity contribution is -0.130. The van der Waals surface area contributed by atoms with Gasteiger partial charge in [0.2, 0.25) is 11.8 Å². The number of carbonyl (C=O) groups excluding carboxylic acids is 2. The Bertz CT molecular complexity index is 282. The van der Waals surface area contributed by atoms with Crippen molar-refractivity contribution in [2.45, 2.75) is 60.0 Å². The molecule has 118 valence electrons. The lowest BCUT2D eigenvalue weighted by Crippen LogP contribution is -2.37. The molecule has 2 amide bonds. The Kier molecular flexibility index (Phi) is 7.79. The van der Waals surface area contributed by atoms with Crippen LogP contribution in [0.25, 0.3) is 0 Å². The number of amides is 2. The quantitative estimate of drug-likeness (QED) is 0.702. The largest absolute Gasteiger partial charge is 0.366 e. The molecule has 0 rings (SSSR count). The minimum Gasteiger partial charge on any atom is -0.366 e. The summed E-state index contributed by atoms with van der Waals surface area (Å²) in [5.41, 5.74) is -0.158. The van der Waals surface area contributed by atoms with Crippen LogP contribution in [0, 0.1) is 5.41 Å². The molecule has 5 nitrogen and oxygen atoms in total. The first-order valence-electron chi connectivity index (χ1n) is 7.17. The molecule has 0 aromatic rings. The Balaban J connectivity index is 3.61. The van der Waals surface area contributed by atoms with Crippen LogP contribution in [-0.2, 0) is 14.3 Å². The molecule has 0 bridgehead atoms. The number of carbonyl (C=O) groups is 2. The molecular formula is C15H30N2O3. The molecule has 2 N–H and O–H groups in total. The van der Waals surface area contributed by atoms with Crippen molar-refractivity contribution >= 4 is 11.8 Å². The van der Waals surface area contributed by atoms with Crippen LogP contribution in [0.2, 0.25) is 0 Å². The van der Waals surface area contributed by atoms with E-state index in [-0.39, 0.29) is 29.4 Å². The molecule has 0 fully saturated rings. The monoisotopic (exact) mass is 286 g/mol. The Morgan fingerprint density at radius 1 is 0.900 bits per heavy atom. The average molecular weight is 286 g/mol. The summed E-state index contributed by atoms with van der Waals surface area (Å²) in [5.74, 6) is -0.135. The average Bonchev–Trinajstić information content (AvgIpc) is 2.27. The maximum atomic E-state index is 11.5. The molecule has 0 spiro atoms. The van der Waals surface area contributed by atoms with Gasteiger partial charge >= 0.3 is 0 Å². The van der Waals surface area contributed by atoms with Gasteiger partial charge in [0.05, 0.1) is 5.60 Å². The van der Waals surface area contributed by atoms with Crippen LogP contribution >= 0.6 is 0 Å². The van der Waals surface area contributed by atoms with E-state index in [1.54, 1.807) is 0 Å². The van der Waals surface area contributed by atoms with Crippen molar-refractivity contribution in [3.8, 4) is 0 Å². The summed E-state index contributed by atoms with van der Waals surface area (Å²) in [7, 11) is 0. The van der Waals surface area contributed by atoms with Gasteiger partial charge in [-0.2, -0.15) is 0 Å². The van der Waals surface area contributed by atoms with Gasteiger partial charge in [-0.05, 0) is 32.6 Å². The molecule has 20 heavy (non-hydrogen) atoms. The molecular weight excluding hydrogens is 256 g/mol. The number of nitrogens with one attached hydrogen (secondary N) is 2. The molecule has 0 aliphatic heterocycles. The molecule has 0 aromatic carbocycles. The lowest BCUT2D eigenvalue weighted by atomic mass is 9.90. The smallest absolute Gasteiger partial charge is 0.246 e. The molecule has 0 saturated heterocycles. The van der Waals surface area contributed by atoms with E-state index in [1.165, 1.54) is 0 Å². The first-order chi connectivity index (χ1) is 8.99. The van der Waals surface area contributed by atoms with Crippen LogP contribution in [0.3, 0.4) is 0 Å². The van der Waals surface area contributed by atoms with Gasteiger partial charge in [0.1, 0.15) is 6.61 Å². The van der Waals surface area contributed by atoms with Gasteiger partial charge < -0.3 is 15.4 Å². The van der Waals surface area contributed by atoms with Crippen LogP contribution in [0.4, 0.5) is 0 Å². The van der Waals surface area contributed by atoms with Crippen LogP contribution in [-0.4, -0.2) is 37.1 Å². The van der Waals surface area contributed by atoms with Crippen LogP contribution < -0.4 is 10.6 Å². The molecule has 0 radical (unpaired) electrons. The second-order valence-electron chi connectivity index (χ2n) is 7.16. The zero-order chi connectivity index (χ0) is 15.8. The fraction of sp³-hybridized carbons (Fsp3) is 0.867. The Morgan fingerprint density at radius 3 is 1.85 bits per heavy atom. The molecule has 0 saturated carbocycles. The highest BCUT2D eigenvalue weighted by molar-refractivity contribution is 5.77. The lowest BCUT2D eigenvalue weighted by Gasteiger charge is -2.19. The SMILES string of the molecule is CC(C)(C)CCC(=O)NCCNC(=O)COC(C)(C)C. The van der Waals surface area contributed by atoms with Crippen LogP contribution in [0.5, 0.6) is 0 Å². The topological polar surface area (TPSA) is 67.4 Å². The zero-order valence-electron chi connectivity index (χ0n) is 13.8. The van der Waals surface area contributed by atoms with E-state index >= 15 is 0 Å². The van der Waals surface area contributed by atoms with Crippen molar-refractivity contribution < 1.29 is 14.3 Å². The summed E-state index contributed by atoms with van der Waals surface area (Å²) >= 11 is 0. The van der Waals surface area contributed by atoms with Gasteiger partial charge in [0, 0.05) is 19.5 Å². The fourth-order valence-electron chi connectivity index (χ4n) is 1.31. The number of ether oxygens (including phenoxy) is 1. The summed E-state index contributed by atoms with van der Waals surface area (Å²) in [5, 5.41) is 5.49. The van der Waals surface area contributed by atoms with Gasteiger partial charge in [-0.15, -0.1) is 0 Å². The number of rotatable bonds is 7. The van der Waals surface area contributed by atoms with E-state index in [0.717, 1.165) is 6.42 Å². The second-order valence-corrected chi connectivity index (χ2v) is 7.16. The molecule has 0 aromatic heterocycles. The van der Waals surface area contributed by atoms with Gasteiger partial charge in [-0.25, -0.2) is 0 Å². The Hall–Kier alpha value is -1.10. The molecule has 0 heterocycles. The summed E-state index contributed by atoms with van der Waals surface area (Å²) in [6, 6.07) is 0. The van der Waals surface area contributed by atoms with Crippen molar-refractivity contribution in [1.82, 2.24) is 10.6 Å². The Morgan fingerprint density at radius 2 is 1.40 bits per heavy atom. The zero-order valence-corrected chi connectivity index (χ0v) is 13.8. The van der Waals surface area contributed by atoms with E-state index < -0.39 is 0 Å². The summed E-state index contributed by atoms with van der Waals surface area (Å²) in [4.78, 5) is 23.0. The maximum Gasteiger partial charge on any atom is 0.246 e. The van der Waals surface area contributed by atoms with Gasteiger partial charge in [-0.1, -0.05) is 20.8 Å². The van der Waals surface area contributed by atoms with Gasteiger partial charge in [0.25, 0.3) is 0 Å². The van der Waals surface area contributed by atoms with Crippen molar-refractivity contribution in [2.24, 2.45) is 5.41 Å². The number of hydrogen-bond donors (Lipinski definition) is 2. The van der Waals surface area contributed by atoms with Crippen LogP contribution in [0.1, 0.15) is 54.4 Å². The second kappa shape index (κ2) is 8.25. The van der Waals surface area contributed by atoms with E-state index in [9.17, 15) is 9.59 Å². The first kappa shape index (κ1) is 18.9. The molecule has 0 unspecified atom stereocenters. The van der Waals surface area contributed by atoms with Crippen molar-refractivity contribution in [2.75, 3.05) is 19.7 Å². The third-order valence-electron chi connectivity index (χ3n) is 2.51. The third-order valence-corrected chi connectivity index (χ3v) is 2.51. The molecule has 0 atom stereocenters. The maximum absolute atomic E-state index is 11.5. The predicted molar refractivity (Wildman–Crippen MR) is 80.4 cm³/mol. The Labute approximate surface area is 122 Å². The van der Waals surface area contributed by atoms with E-state index in [1.807, 2.05) is 20.8 Å². The minimum atomic E-state index is -0.321. The standard InChI is InChI=1S/C15H30N2O3/c1-14(2,3)8-7-12(18)16-9-10-17-13(19)11-20-15(4,5)6/h7-11H2,1-6H3,(H,16,18)(H,17,19). The summed E-state index contributed by atoms with van der Waals surface area (Å²) in [6.07, 6.45) is 1.37. The highest BCUT2D eigenvalue weighted by Crippen LogP contribution is 2.19. The van der Waals surface area contributed by atoms with Crippen LogP contribution in [0.15, 0.2) is 0 Å². The highest BCUT2D eigenvalue weighted by Gasteiger charge is 2.13. The summed E-state index contributed by atoms with van der Waals surface area (Å²) < 4.78 is 5.35. The van der Waals surface area contributed by atoms with Crippen molar-refractivity contribution in [1.29, 1.82) is 0 Å². The van der Waals surface area contributed by atoms with Crippen molar-refractivity contribution in [3.63, 3.8) is 0 Å². The summed E-state index contributed by atoms with van der Waals surface area (Å²) in [6.45, 7) is 12.9. The minimum absolute atomic E-state index is 0.0279. The van der Waals surface area contributed by atoms with Crippen molar-refractivity contribution in [3.05, 3.63) is 0 Å². The molecule has 0 aliphatic carbocycles. The molecule has 5 heteroatoms. The van der Waals surface area contributed by atoms with E-state index in [2.05, 4.69) is 31.4 Å². The highest BCUT2D eigenvalue weighted by atomic mass is 16.5. The normalized spacial score (nSPS) is 12.1.